The van der Waals surface area contributed by atoms with Crippen molar-refractivity contribution in [2.45, 2.75) is 39.2 Å². The monoisotopic (exact) mass is 342 g/mol. The second kappa shape index (κ2) is 8.74. The molecule has 1 rings (SSSR count). The van der Waals surface area contributed by atoms with Gasteiger partial charge in [0.25, 0.3) is 0 Å². The van der Waals surface area contributed by atoms with Crippen LogP contribution in [-0.2, 0) is 4.74 Å². The Balaban J connectivity index is 2.62. The van der Waals surface area contributed by atoms with Gasteiger partial charge < -0.3 is 14.6 Å². The molecule has 0 aliphatic carbocycles. The van der Waals surface area contributed by atoms with E-state index in [9.17, 15) is 4.79 Å². The summed E-state index contributed by atoms with van der Waals surface area (Å²) in [7, 11) is 0. The van der Waals surface area contributed by atoms with Crippen LogP contribution < -0.4 is 10.1 Å². The van der Waals surface area contributed by atoms with E-state index in [0.29, 0.717) is 29.4 Å². The van der Waals surface area contributed by atoms with E-state index in [2.05, 4.69) is 5.32 Å². The number of nitrogens with one attached hydrogen (secondary N) is 2. The predicted octanol–water partition coefficient (Wildman–Crippen LogP) is 3.34. The lowest BCUT2D eigenvalue weighted by molar-refractivity contribution is 0.0563. The minimum atomic E-state index is -0.692. The summed E-state index contributed by atoms with van der Waals surface area (Å²) in [4.78, 5) is 11.6. The van der Waals surface area contributed by atoms with Crippen molar-refractivity contribution in [3.63, 3.8) is 0 Å². The van der Waals surface area contributed by atoms with Gasteiger partial charge in [0.15, 0.2) is 0 Å². The summed E-state index contributed by atoms with van der Waals surface area (Å²) in [5.41, 5.74) is -0.183. The highest BCUT2D eigenvalue weighted by molar-refractivity contribution is 6.32. The maximum Gasteiger partial charge on any atom is 0.413 e. The number of carbonyl (C=O) groups excluding carboxylic acids is 1. The predicted molar refractivity (Wildman–Crippen MR) is 89.5 cm³/mol. The minimum Gasteiger partial charge on any atom is -0.492 e. The molecule has 3 N–H and O–H groups in total. The Morgan fingerprint density at radius 1 is 1.35 bits per heavy atom. The lowest BCUT2D eigenvalue weighted by Gasteiger charge is -2.20. The molecular weight excluding hydrogens is 320 g/mol. The van der Waals surface area contributed by atoms with Crippen LogP contribution in [0.1, 0.15) is 39.2 Å². The molecule has 0 unspecified atom stereocenters. The topological polar surface area (TPSA) is 91.6 Å². The largest absolute Gasteiger partial charge is 0.492 e. The molecule has 0 aromatic heterocycles. The molecule has 0 aliphatic rings. The number of benzene rings is 1. The van der Waals surface area contributed by atoms with Crippen LogP contribution in [0.25, 0.3) is 0 Å². The fourth-order valence-corrected chi connectivity index (χ4v) is 1.88. The number of unbranched alkanes of at least 4 members (excludes halogenated alkanes) is 1. The average molecular weight is 343 g/mol. The van der Waals surface area contributed by atoms with Crippen LogP contribution in [0, 0.1) is 5.41 Å². The van der Waals surface area contributed by atoms with Gasteiger partial charge in [-0.3, -0.25) is 10.7 Å². The Morgan fingerprint density at radius 2 is 2.04 bits per heavy atom. The van der Waals surface area contributed by atoms with Crippen molar-refractivity contribution in [1.29, 1.82) is 5.41 Å². The normalized spacial score (nSPS) is 11.0. The van der Waals surface area contributed by atoms with Gasteiger partial charge in [-0.15, -0.1) is 0 Å². The molecule has 0 radical (unpaired) electrons. The van der Waals surface area contributed by atoms with Crippen molar-refractivity contribution in [3.05, 3.63) is 28.8 Å². The number of aliphatic hydroxyl groups excluding tert-OH is 1. The van der Waals surface area contributed by atoms with Gasteiger partial charge in [-0.1, -0.05) is 11.6 Å². The smallest absolute Gasteiger partial charge is 0.413 e. The highest BCUT2D eigenvalue weighted by atomic mass is 35.5. The van der Waals surface area contributed by atoms with E-state index in [0.717, 1.165) is 6.42 Å². The van der Waals surface area contributed by atoms with Gasteiger partial charge in [-0.25, -0.2) is 4.79 Å². The Kier molecular flexibility index (Phi) is 7.32. The Bertz CT molecular complexity index is 556. The van der Waals surface area contributed by atoms with Gasteiger partial charge in [0.2, 0.25) is 0 Å². The third-order valence-electron chi connectivity index (χ3n) is 2.66. The van der Waals surface area contributed by atoms with Crippen molar-refractivity contribution in [2.24, 2.45) is 0 Å². The molecule has 0 atom stereocenters. The van der Waals surface area contributed by atoms with Crippen molar-refractivity contribution in [3.8, 4) is 5.75 Å². The molecule has 0 saturated carbocycles. The van der Waals surface area contributed by atoms with Gasteiger partial charge in [-0.2, -0.15) is 0 Å². The summed E-state index contributed by atoms with van der Waals surface area (Å²) in [6, 6.07) is 4.82. The minimum absolute atomic E-state index is 0.104. The van der Waals surface area contributed by atoms with Gasteiger partial charge >= 0.3 is 6.09 Å². The molecule has 6 nitrogen and oxygen atoms in total. The zero-order chi connectivity index (χ0) is 17.5. The van der Waals surface area contributed by atoms with E-state index in [1.165, 1.54) is 0 Å². The molecule has 0 heterocycles. The Morgan fingerprint density at radius 3 is 2.61 bits per heavy atom. The maximum atomic E-state index is 11.6. The quantitative estimate of drug-likeness (QED) is 0.420. The average Bonchev–Trinajstić information content (AvgIpc) is 2.42. The van der Waals surface area contributed by atoms with Crippen molar-refractivity contribution in [2.75, 3.05) is 13.2 Å². The molecule has 1 aromatic rings. The van der Waals surface area contributed by atoms with Gasteiger partial charge in [0.1, 0.15) is 17.2 Å². The highest BCUT2D eigenvalue weighted by Crippen LogP contribution is 2.25. The molecule has 0 saturated heterocycles. The van der Waals surface area contributed by atoms with E-state index < -0.39 is 11.7 Å². The molecule has 0 aliphatic heterocycles. The standard InChI is InChI=1S/C16H23ClN2O4/c1-16(2,3)23-15(21)19-14(18)11-6-7-13(12(17)10-11)22-9-5-4-8-20/h6-7,10,20H,4-5,8-9H2,1-3H3,(H2,18,19,21). The molecule has 0 spiro atoms. The second-order valence-electron chi connectivity index (χ2n) is 5.93. The third kappa shape index (κ3) is 7.34. The van der Waals surface area contributed by atoms with Crippen molar-refractivity contribution in [1.82, 2.24) is 5.32 Å². The molecule has 0 bridgehead atoms. The molecule has 1 aromatic carbocycles. The van der Waals surface area contributed by atoms with Crippen LogP contribution in [0.15, 0.2) is 18.2 Å². The van der Waals surface area contributed by atoms with Crippen molar-refractivity contribution < 1.29 is 19.4 Å². The van der Waals surface area contributed by atoms with E-state index in [4.69, 9.17) is 31.6 Å². The zero-order valence-corrected chi connectivity index (χ0v) is 14.4. The SMILES string of the molecule is CC(C)(C)OC(=O)NC(=N)c1ccc(OCCCCO)c(Cl)c1. The summed E-state index contributed by atoms with van der Waals surface area (Å²) in [5.74, 6) is 0.395. The number of alkyl carbamates (subject to hydrolysis) is 1. The number of amidine groups is 1. The van der Waals surface area contributed by atoms with Crippen LogP contribution in [0.5, 0.6) is 5.75 Å². The Labute approximate surface area is 141 Å². The molecule has 0 fully saturated rings. The fraction of sp³-hybridized carbons (Fsp3) is 0.500. The van der Waals surface area contributed by atoms with Crippen LogP contribution in [0.4, 0.5) is 4.79 Å². The second-order valence-corrected chi connectivity index (χ2v) is 6.33. The number of hydrogen-bond donors (Lipinski definition) is 3. The lowest BCUT2D eigenvalue weighted by Crippen LogP contribution is -2.36. The summed E-state index contributed by atoms with van der Waals surface area (Å²) in [6.45, 7) is 5.82. The number of halogens is 1. The molecular formula is C16H23ClN2O4. The van der Waals surface area contributed by atoms with Crippen LogP contribution in [0.2, 0.25) is 5.02 Å². The van der Waals surface area contributed by atoms with E-state index in [-0.39, 0.29) is 12.4 Å². The Hall–Kier alpha value is -1.79. The first-order chi connectivity index (χ1) is 10.7. The van der Waals surface area contributed by atoms with Crippen molar-refractivity contribution >= 4 is 23.5 Å². The number of rotatable bonds is 6. The summed E-state index contributed by atoms with van der Waals surface area (Å²) in [6.07, 6.45) is 0.702. The summed E-state index contributed by atoms with van der Waals surface area (Å²) >= 11 is 6.11. The number of aliphatic hydroxyl groups is 1. The third-order valence-corrected chi connectivity index (χ3v) is 2.95. The number of amides is 1. The zero-order valence-electron chi connectivity index (χ0n) is 13.6. The molecule has 23 heavy (non-hydrogen) atoms. The van der Waals surface area contributed by atoms with E-state index in [1.54, 1.807) is 39.0 Å². The summed E-state index contributed by atoms with van der Waals surface area (Å²) in [5, 5.41) is 19.3. The van der Waals surface area contributed by atoms with Gasteiger partial charge in [-0.05, 0) is 51.8 Å². The number of hydrogen-bond acceptors (Lipinski definition) is 5. The number of ether oxygens (including phenoxy) is 2. The van der Waals surface area contributed by atoms with Crippen LogP contribution in [-0.4, -0.2) is 35.9 Å². The molecule has 128 valence electrons. The summed E-state index contributed by atoms with van der Waals surface area (Å²) < 4.78 is 10.6. The fourth-order valence-electron chi connectivity index (χ4n) is 1.65. The first-order valence-electron chi connectivity index (χ1n) is 7.35. The van der Waals surface area contributed by atoms with E-state index >= 15 is 0 Å². The van der Waals surface area contributed by atoms with Gasteiger partial charge in [0.05, 0.1) is 11.6 Å². The van der Waals surface area contributed by atoms with Crippen LogP contribution >= 0.6 is 11.6 Å². The first kappa shape index (κ1) is 19.3. The molecule has 7 heteroatoms. The number of carbonyl (C=O) groups is 1. The lowest BCUT2D eigenvalue weighted by atomic mass is 10.2. The van der Waals surface area contributed by atoms with E-state index in [1.807, 2.05) is 0 Å². The molecule has 1 amide bonds. The first-order valence-corrected chi connectivity index (χ1v) is 7.73. The maximum absolute atomic E-state index is 11.6. The highest BCUT2D eigenvalue weighted by Gasteiger charge is 2.17. The van der Waals surface area contributed by atoms with Crippen LogP contribution in [0.3, 0.4) is 0 Å². The van der Waals surface area contributed by atoms with Gasteiger partial charge in [0, 0.05) is 12.2 Å².